The average Bonchev–Trinajstić information content (AvgIpc) is 2.39. The van der Waals surface area contributed by atoms with Crippen molar-refractivity contribution in [3.05, 3.63) is 0 Å². The van der Waals surface area contributed by atoms with Crippen molar-refractivity contribution in [2.75, 3.05) is 54.5 Å². The largest absolute Gasteiger partial charge is 0.383 e. The molecule has 2 N–H and O–H groups in total. The van der Waals surface area contributed by atoms with Gasteiger partial charge in [0.1, 0.15) is 0 Å². The number of rotatable bonds is 11. The molecular formula is C14H32N4O. The topological polar surface area (TPSA) is 48.9 Å². The van der Waals surface area contributed by atoms with E-state index in [1.165, 1.54) is 38.6 Å². The van der Waals surface area contributed by atoms with Gasteiger partial charge in [-0.3, -0.25) is 4.99 Å². The zero-order chi connectivity index (χ0) is 14.3. The Balaban J connectivity index is 3.32. The zero-order valence-electron chi connectivity index (χ0n) is 13.2. The van der Waals surface area contributed by atoms with E-state index in [-0.39, 0.29) is 0 Å². The number of aliphatic imine (C=N–C) groups is 1. The van der Waals surface area contributed by atoms with Crippen molar-refractivity contribution in [2.24, 2.45) is 4.99 Å². The van der Waals surface area contributed by atoms with Gasteiger partial charge < -0.3 is 20.3 Å². The van der Waals surface area contributed by atoms with Crippen molar-refractivity contribution in [3.8, 4) is 0 Å². The van der Waals surface area contributed by atoms with Crippen LogP contribution in [-0.4, -0.2) is 65.4 Å². The lowest BCUT2D eigenvalue weighted by Gasteiger charge is -2.11. The molecule has 0 spiro atoms. The number of nitrogens with zero attached hydrogens (tertiary/aromatic N) is 2. The van der Waals surface area contributed by atoms with Crippen molar-refractivity contribution in [1.29, 1.82) is 0 Å². The van der Waals surface area contributed by atoms with Gasteiger partial charge in [-0.05, 0) is 33.5 Å². The number of nitrogens with one attached hydrogen (secondary N) is 2. The van der Waals surface area contributed by atoms with Gasteiger partial charge >= 0.3 is 0 Å². The van der Waals surface area contributed by atoms with E-state index in [4.69, 9.17) is 4.74 Å². The van der Waals surface area contributed by atoms with Crippen LogP contribution >= 0.6 is 0 Å². The third kappa shape index (κ3) is 13.4. The van der Waals surface area contributed by atoms with Crippen LogP contribution in [-0.2, 0) is 4.74 Å². The summed E-state index contributed by atoms with van der Waals surface area (Å²) in [5.74, 6) is 0.865. The molecule has 0 aromatic heterocycles. The number of unbranched alkanes of at least 4 members (excludes halogenated alkanes) is 4. The van der Waals surface area contributed by atoms with Crippen LogP contribution < -0.4 is 10.6 Å². The maximum Gasteiger partial charge on any atom is 0.191 e. The molecule has 5 nitrogen and oxygen atoms in total. The molecule has 0 radical (unpaired) electrons. The minimum absolute atomic E-state index is 0.701. The first kappa shape index (κ1) is 18.2. The van der Waals surface area contributed by atoms with Crippen molar-refractivity contribution in [2.45, 2.75) is 32.1 Å². The minimum Gasteiger partial charge on any atom is -0.383 e. The van der Waals surface area contributed by atoms with Gasteiger partial charge in [-0.15, -0.1) is 0 Å². The highest BCUT2D eigenvalue weighted by atomic mass is 16.5. The quantitative estimate of drug-likeness (QED) is 0.338. The van der Waals surface area contributed by atoms with E-state index < -0.39 is 0 Å². The molecule has 0 atom stereocenters. The van der Waals surface area contributed by atoms with E-state index in [1.807, 2.05) is 0 Å². The van der Waals surface area contributed by atoms with Crippen LogP contribution in [0.2, 0.25) is 0 Å². The Morgan fingerprint density at radius 2 is 1.63 bits per heavy atom. The highest BCUT2D eigenvalue weighted by Crippen LogP contribution is 2.02. The van der Waals surface area contributed by atoms with Crippen LogP contribution in [0.3, 0.4) is 0 Å². The summed E-state index contributed by atoms with van der Waals surface area (Å²) in [5, 5.41) is 6.51. The van der Waals surface area contributed by atoms with Crippen LogP contribution in [0.25, 0.3) is 0 Å². The summed E-state index contributed by atoms with van der Waals surface area (Å²) < 4.78 is 4.99. The summed E-state index contributed by atoms with van der Waals surface area (Å²) in [6.07, 6.45) is 6.45. The van der Waals surface area contributed by atoms with Gasteiger partial charge in [-0.2, -0.15) is 0 Å². The van der Waals surface area contributed by atoms with Crippen molar-refractivity contribution in [3.63, 3.8) is 0 Å². The molecule has 0 bridgehead atoms. The predicted octanol–water partition coefficient (Wildman–Crippen LogP) is 1.31. The summed E-state index contributed by atoms with van der Waals surface area (Å²) in [6, 6.07) is 0. The molecule has 0 saturated heterocycles. The minimum atomic E-state index is 0.701. The number of hydrogen-bond acceptors (Lipinski definition) is 3. The van der Waals surface area contributed by atoms with Gasteiger partial charge in [-0.25, -0.2) is 0 Å². The molecule has 0 rings (SSSR count). The molecule has 0 aliphatic heterocycles. The van der Waals surface area contributed by atoms with Crippen LogP contribution in [0.5, 0.6) is 0 Å². The number of ether oxygens (including phenoxy) is 1. The Labute approximate surface area is 118 Å². The Morgan fingerprint density at radius 3 is 2.26 bits per heavy atom. The fourth-order valence-corrected chi connectivity index (χ4v) is 1.78. The second-order valence-electron chi connectivity index (χ2n) is 4.99. The van der Waals surface area contributed by atoms with Crippen molar-refractivity contribution in [1.82, 2.24) is 15.5 Å². The predicted molar refractivity (Wildman–Crippen MR) is 82.9 cm³/mol. The molecule has 19 heavy (non-hydrogen) atoms. The van der Waals surface area contributed by atoms with E-state index in [0.29, 0.717) is 6.61 Å². The summed E-state index contributed by atoms with van der Waals surface area (Å²) in [6.45, 7) is 3.68. The Kier molecular flexibility index (Phi) is 13.0. The molecule has 114 valence electrons. The molecular weight excluding hydrogens is 240 g/mol. The Hall–Kier alpha value is -0.810. The Morgan fingerprint density at radius 1 is 1.00 bits per heavy atom. The molecule has 0 saturated carbocycles. The first-order valence-corrected chi connectivity index (χ1v) is 7.29. The van der Waals surface area contributed by atoms with E-state index >= 15 is 0 Å². The van der Waals surface area contributed by atoms with E-state index in [0.717, 1.165) is 19.0 Å². The highest BCUT2D eigenvalue weighted by molar-refractivity contribution is 5.79. The van der Waals surface area contributed by atoms with Gasteiger partial charge in [0.15, 0.2) is 5.96 Å². The summed E-state index contributed by atoms with van der Waals surface area (Å²) in [5.41, 5.74) is 0. The van der Waals surface area contributed by atoms with E-state index in [1.54, 1.807) is 14.2 Å². The average molecular weight is 272 g/mol. The van der Waals surface area contributed by atoms with Gasteiger partial charge in [0.05, 0.1) is 6.61 Å². The van der Waals surface area contributed by atoms with Crippen molar-refractivity contribution < 1.29 is 4.74 Å². The van der Waals surface area contributed by atoms with Gasteiger partial charge in [0.2, 0.25) is 0 Å². The first-order valence-electron chi connectivity index (χ1n) is 7.29. The highest BCUT2D eigenvalue weighted by Gasteiger charge is 1.96. The second-order valence-corrected chi connectivity index (χ2v) is 4.99. The van der Waals surface area contributed by atoms with E-state index in [2.05, 4.69) is 34.6 Å². The zero-order valence-corrected chi connectivity index (χ0v) is 13.2. The number of guanidine groups is 1. The summed E-state index contributed by atoms with van der Waals surface area (Å²) in [4.78, 5) is 6.41. The van der Waals surface area contributed by atoms with Crippen LogP contribution in [0.4, 0.5) is 0 Å². The molecule has 0 unspecified atom stereocenters. The molecule has 0 aromatic rings. The van der Waals surface area contributed by atoms with Gasteiger partial charge in [0.25, 0.3) is 0 Å². The smallest absolute Gasteiger partial charge is 0.191 e. The lowest BCUT2D eigenvalue weighted by molar-refractivity contribution is 0.203. The second kappa shape index (κ2) is 13.6. The molecule has 0 aromatic carbocycles. The molecule has 0 amide bonds. The monoisotopic (exact) mass is 272 g/mol. The lowest BCUT2D eigenvalue weighted by atomic mass is 10.1. The molecule has 0 heterocycles. The van der Waals surface area contributed by atoms with Crippen LogP contribution in [0.15, 0.2) is 4.99 Å². The lowest BCUT2D eigenvalue weighted by Crippen LogP contribution is -2.39. The summed E-state index contributed by atoms with van der Waals surface area (Å²) in [7, 11) is 7.76. The molecule has 0 fully saturated rings. The van der Waals surface area contributed by atoms with Crippen molar-refractivity contribution >= 4 is 5.96 Å². The standard InChI is InChI=1S/C14H32N4O/c1-15-14(17-11-13-19-4)16-10-8-6-5-7-9-12-18(2)3/h5-13H2,1-4H3,(H2,15,16,17). The first-order chi connectivity index (χ1) is 9.20. The third-order valence-corrected chi connectivity index (χ3v) is 2.90. The number of methoxy groups -OCH3 is 1. The number of hydrogen-bond donors (Lipinski definition) is 2. The fraction of sp³-hybridized carbons (Fsp3) is 0.929. The summed E-state index contributed by atoms with van der Waals surface area (Å²) >= 11 is 0. The van der Waals surface area contributed by atoms with Crippen LogP contribution in [0, 0.1) is 0 Å². The maximum atomic E-state index is 4.99. The van der Waals surface area contributed by atoms with E-state index in [9.17, 15) is 0 Å². The van der Waals surface area contributed by atoms with Crippen LogP contribution in [0.1, 0.15) is 32.1 Å². The third-order valence-electron chi connectivity index (χ3n) is 2.90. The molecule has 0 aliphatic rings. The normalized spacial score (nSPS) is 11.9. The van der Waals surface area contributed by atoms with Gasteiger partial charge in [-0.1, -0.05) is 19.3 Å². The fourth-order valence-electron chi connectivity index (χ4n) is 1.78. The van der Waals surface area contributed by atoms with Gasteiger partial charge in [0, 0.05) is 27.2 Å². The maximum absolute atomic E-state index is 4.99. The SMILES string of the molecule is CN=C(NCCCCCCCN(C)C)NCCOC. The Bertz CT molecular complexity index is 219. The molecule has 5 heteroatoms. The molecule has 0 aliphatic carbocycles.